The molecule has 0 unspecified atom stereocenters. The number of benzene rings is 3. The van der Waals surface area contributed by atoms with E-state index in [4.69, 9.17) is 4.74 Å². The third-order valence-corrected chi connectivity index (χ3v) is 13.2. The fourth-order valence-electron chi connectivity index (χ4n) is 9.24. The number of ether oxygens (including phenoxy) is 1. The molecule has 0 aromatic heterocycles. The second-order valence-corrected chi connectivity index (χ2v) is 17.7. The van der Waals surface area contributed by atoms with E-state index in [9.17, 15) is 24.0 Å². The lowest BCUT2D eigenvalue weighted by Gasteiger charge is -2.18. The fourth-order valence-corrected chi connectivity index (χ4v) is 9.24. The highest BCUT2D eigenvalue weighted by Gasteiger charge is 2.49. The van der Waals surface area contributed by atoms with E-state index in [0.29, 0.717) is 30.8 Å². The summed E-state index contributed by atoms with van der Waals surface area (Å²) >= 11 is 0. The van der Waals surface area contributed by atoms with Crippen molar-refractivity contribution >= 4 is 29.5 Å². The highest BCUT2D eigenvalue weighted by molar-refractivity contribution is 5.99. The summed E-state index contributed by atoms with van der Waals surface area (Å²) in [6.07, 6.45) is 11.1. The van der Waals surface area contributed by atoms with E-state index in [1.54, 1.807) is 34.1 Å². The van der Waals surface area contributed by atoms with Crippen LogP contribution in [0, 0.1) is 17.8 Å². The van der Waals surface area contributed by atoms with Crippen molar-refractivity contribution < 1.29 is 28.7 Å². The van der Waals surface area contributed by atoms with E-state index >= 15 is 0 Å². The second kappa shape index (κ2) is 21.2. The molecule has 7 rings (SSSR count). The average molecular weight is 832 g/mol. The lowest BCUT2D eigenvalue weighted by molar-refractivity contribution is -0.133. The minimum Gasteiger partial charge on any atom is -0.375 e. The number of carbonyl (C=O) groups is 5. The van der Waals surface area contributed by atoms with E-state index in [-0.39, 0.29) is 79.2 Å². The maximum Gasteiger partial charge on any atom is 0.253 e. The van der Waals surface area contributed by atoms with Crippen molar-refractivity contribution in [2.45, 2.75) is 114 Å². The van der Waals surface area contributed by atoms with Crippen LogP contribution in [0.2, 0.25) is 0 Å². The number of unbranched alkanes of at least 4 members (excludes halogenated alkanes) is 7. The van der Waals surface area contributed by atoms with Crippen molar-refractivity contribution in [3.05, 3.63) is 107 Å². The van der Waals surface area contributed by atoms with Crippen LogP contribution in [0.25, 0.3) is 0 Å². The van der Waals surface area contributed by atoms with Crippen LogP contribution in [-0.4, -0.2) is 96.9 Å². The van der Waals surface area contributed by atoms with Crippen LogP contribution >= 0.6 is 0 Å². The molecule has 11 nitrogen and oxygen atoms in total. The van der Waals surface area contributed by atoms with Crippen LogP contribution in [0.1, 0.15) is 128 Å². The number of likely N-dealkylation sites (tertiary alicyclic amines) is 2. The molecule has 0 spiro atoms. The summed E-state index contributed by atoms with van der Waals surface area (Å²) in [5.41, 5.74) is 3.15. The molecule has 11 heteroatoms. The van der Waals surface area contributed by atoms with Gasteiger partial charge < -0.3 is 30.5 Å². The molecule has 5 amide bonds. The van der Waals surface area contributed by atoms with E-state index in [0.717, 1.165) is 57.8 Å². The SMILES string of the molecule is CCCCCCCO[C@H]1CN(C(=O)c2ccc(C(=O)N3C[C@@H](C(=O)N[C@H]4C[C@@H]4c4ccccc4)[C@H](C(=O)N[C@H]4C[C@@H]4c4ccccc4)C3)cc2)C[C@H]1C(=O)NCCCCCC. The van der Waals surface area contributed by atoms with Gasteiger partial charge in [0, 0.05) is 74.4 Å². The molecule has 61 heavy (non-hydrogen) atoms. The Morgan fingerprint density at radius 1 is 0.541 bits per heavy atom. The Balaban J connectivity index is 0.981. The van der Waals surface area contributed by atoms with Gasteiger partial charge in [-0.2, -0.15) is 0 Å². The number of carbonyl (C=O) groups excluding carboxylic acids is 5. The molecule has 2 saturated carbocycles. The maximum absolute atomic E-state index is 14.1. The molecule has 0 bridgehead atoms. The van der Waals surface area contributed by atoms with Crippen LogP contribution in [-0.2, 0) is 19.1 Å². The number of amides is 5. The van der Waals surface area contributed by atoms with Gasteiger partial charge in [-0.3, -0.25) is 24.0 Å². The number of rotatable bonds is 21. The molecule has 2 heterocycles. The zero-order valence-corrected chi connectivity index (χ0v) is 36.1. The molecular weight excluding hydrogens is 767 g/mol. The third kappa shape index (κ3) is 11.5. The van der Waals surface area contributed by atoms with Gasteiger partial charge in [-0.05, 0) is 61.1 Å². The molecule has 4 aliphatic rings. The average Bonchev–Trinajstić information content (AvgIpc) is 4.14. The first-order valence-corrected chi connectivity index (χ1v) is 23.0. The molecule has 2 saturated heterocycles. The predicted octanol–water partition coefficient (Wildman–Crippen LogP) is 6.84. The predicted molar refractivity (Wildman–Crippen MR) is 236 cm³/mol. The van der Waals surface area contributed by atoms with Gasteiger partial charge in [-0.1, -0.05) is 119 Å². The molecule has 2 aliphatic heterocycles. The fraction of sp³-hybridized carbons (Fsp3) is 0.540. The Morgan fingerprint density at radius 3 is 1.51 bits per heavy atom. The summed E-state index contributed by atoms with van der Waals surface area (Å²) in [4.78, 5) is 72.4. The van der Waals surface area contributed by atoms with E-state index in [2.05, 4.69) is 54.1 Å². The highest BCUT2D eigenvalue weighted by atomic mass is 16.5. The highest BCUT2D eigenvalue weighted by Crippen LogP contribution is 2.42. The Kier molecular flexibility index (Phi) is 15.3. The van der Waals surface area contributed by atoms with Crippen LogP contribution in [0.5, 0.6) is 0 Å². The van der Waals surface area contributed by atoms with Crippen molar-refractivity contribution in [2.24, 2.45) is 17.8 Å². The lowest BCUT2D eigenvalue weighted by Crippen LogP contribution is -2.43. The van der Waals surface area contributed by atoms with Crippen molar-refractivity contribution in [1.29, 1.82) is 0 Å². The first-order valence-electron chi connectivity index (χ1n) is 23.0. The summed E-state index contributed by atoms with van der Waals surface area (Å²) in [7, 11) is 0. The second-order valence-electron chi connectivity index (χ2n) is 17.7. The summed E-state index contributed by atoms with van der Waals surface area (Å²) < 4.78 is 6.27. The van der Waals surface area contributed by atoms with Gasteiger partial charge in [0.05, 0.1) is 23.9 Å². The van der Waals surface area contributed by atoms with Gasteiger partial charge in [0.15, 0.2) is 0 Å². The molecule has 326 valence electrons. The van der Waals surface area contributed by atoms with Crippen LogP contribution in [0.15, 0.2) is 84.9 Å². The molecular formula is C50H65N5O6. The topological polar surface area (TPSA) is 137 Å². The molecule has 3 aromatic carbocycles. The smallest absolute Gasteiger partial charge is 0.253 e. The largest absolute Gasteiger partial charge is 0.375 e. The number of nitrogens with zero attached hydrogens (tertiary/aromatic N) is 2. The summed E-state index contributed by atoms with van der Waals surface area (Å²) in [6, 6.07) is 26.8. The molecule has 4 fully saturated rings. The maximum atomic E-state index is 14.1. The minimum absolute atomic E-state index is 0.00690. The van der Waals surface area contributed by atoms with Gasteiger partial charge in [0.25, 0.3) is 11.8 Å². The summed E-state index contributed by atoms with van der Waals surface area (Å²) in [5.74, 6) is -2.37. The van der Waals surface area contributed by atoms with Crippen molar-refractivity contribution in [1.82, 2.24) is 25.8 Å². The van der Waals surface area contributed by atoms with Gasteiger partial charge in [0.2, 0.25) is 17.7 Å². The number of hydrogen-bond donors (Lipinski definition) is 3. The first kappa shape index (κ1) is 44.0. The van der Waals surface area contributed by atoms with E-state index in [1.807, 2.05) is 36.4 Å². The van der Waals surface area contributed by atoms with E-state index < -0.39 is 17.8 Å². The lowest BCUT2D eigenvalue weighted by atomic mass is 9.94. The Morgan fingerprint density at radius 2 is 1.00 bits per heavy atom. The van der Waals surface area contributed by atoms with Crippen LogP contribution in [0.3, 0.4) is 0 Å². The van der Waals surface area contributed by atoms with Crippen LogP contribution < -0.4 is 16.0 Å². The van der Waals surface area contributed by atoms with Crippen molar-refractivity contribution in [2.75, 3.05) is 39.3 Å². The quantitative estimate of drug-likeness (QED) is 0.101. The van der Waals surface area contributed by atoms with Gasteiger partial charge in [0.1, 0.15) is 0 Å². The standard InChI is InChI=1S/C50H65N5O6/c1-3-5-7-9-17-27-61-45-33-55(32-42(45)46(56)51-26-16-8-6-4-2)50(60)37-24-22-36(23-25-37)49(59)54-30-40(47(57)52-43-28-38(43)34-18-12-10-13-19-34)41(31-54)48(58)53-44-29-39(44)35-20-14-11-15-21-35/h10-15,18-25,38-45H,3-9,16-17,26-33H2,1-2H3,(H,51,56)(H,52,57)(H,53,58)/t38-,39-,40-,41-,42-,43+,44+,45+/m1/s1. The number of nitrogens with one attached hydrogen (secondary N) is 3. The Labute approximate surface area is 361 Å². The normalized spacial score (nSPS) is 25.2. The van der Waals surface area contributed by atoms with Gasteiger partial charge in [-0.15, -0.1) is 0 Å². The first-order chi connectivity index (χ1) is 29.7. The molecule has 2 aliphatic carbocycles. The Bertz CT molecular complexity index is 1870. The molecule has 3 aromatic rings. The third-order valence-electron chi connectivity index (χ3n) is 13.2. The van der Waals surface area contributed by atoms with Gasteiger partial charge >= 0.3 is 0 Å². The minimum atomic E-state index is -0.695. The summed E-state index contributed by atoms with van der Waals surface area (Å²) in [6.45, 7) is 6.34. The molecule has 8 atom stereocenters. The molecule has 0 radical (unpaired) electrons. The van der Waals surface area contributed by atoms with Gasteiger partial charge in [-0.25, -0.2) is 0 Å². The zero-order valence-electron chi connectivity index (χ0n) is 36.1. The Hall–Kier alpha value is -5.03. The van der Waals surface area contributed by atoms with Crippen molar-refractivity contribution in [3.8, 4) is 0 Å². The van der Waals surface area contributed by atoms with Crippen molar-refractivity contribution in [3.63, 3.8) is 0 Å². The molecule has 3 N–H and O–H groups in total. The number of hydrogen-bond acceptors (Lipinski definition) is 6. The zero-order chi connectivity index (χ0) is 42.7. The summed E-state index contributed by atoms with van der Waals surface area (Å²) in [5, 5.41) is 9.48. The van der Waals surface area contributed by atoms with E-state index in [1.165, 1.54) is 24.0 Å². The van der Waals surface area contributed by atoms with Crippen LogP contribution in [0.4, 0.5) is 0 Å². The monoisotopic (exact) mass is 831 g/mol.